The van der Waals surface area contributed by atoms with E-state index in [0.29, 0.717) is 5.88 Å². The zero-order valence-corrected chi connectivity index (χ0v) is 14.0. The van der Waals surface area contributed by atoms with Gasteiger partial charge in [-0.1, -0.05) is 50.3 Å². The highest BCUT2D eigenvalue weighted by atomic mass is 35.5. The highest BCUT2D eigenvalue weighted by Gasteiger charge is 2.19. The zero-order chi connectivity index (χ0) is 14.8. The summed E-state index contributed by atoms with van der Waals surface area (Å²) < 4.78 is 2.22. The van der Waals surface area contributed by atoms with Crippen LogP contribution in [0.5, 0.6) is 0 Å². The van der Waals surface area contributed by atoms with Crippen LogP contribution < -0.4 is 0 Å². The Morgan fingerprint density at radius 3 is 2.71 bits per heavy atom. The molecular formula is C17H22Cl2N2. The van der Waals surface area contributed by atoms with Gasteiger partial charge in [-0.2, -0.15) is 0 Å². The number of rotatable bonds is 4. The Morgan fingerprint density at radius 2 is 2.00 bits per heavy atom. The van der Waals surface area contributed by atoms with Gasteiger partial charge in [0.15, 0.2) is 0 Å². The van der Waals surface area contributed by atoms with E-state index in [1.807, 2.05) is 18.2 Å². The first kappa shape index (κ1) is 15.2. The molecule has 0 amide bonds. The lowest BCUT2D eigenvalue weighted by Crippen LogP contribution is -2.15. The average molecular weight is 325 g/mol. The van der Waals surface area contributed by atoms with E-state index in [1.54, 1.807) is 0 Å². The molecule has 1 aromatic carbocycles. The Hall–Kier alpha value is -0.730. The minimum absolute atomic E-state index is 0.437. The second-order valence-electron chi connectivity index (χ2n) is 6.34. The molecular weight excluding hydrogens is 303 g/mol. The van der Waals surface area contributed by atoms with Crippen LogP contribution in [0.25, 0.3) is 11.0 Å². The first-order valence-corrected chi connectivity index (χ1v) is 8.80. The van der Waals surface area contributed by atoms with Crippen molar-refractivity contribution in [2.75, 3.05) is 0 Å². The molecule has 1 aromatic heterocycles. The van der Waals surface area contributed by atoms with Crippen molar-refractivity contribution in [1.82, 2.24) is 9.55 Å². The smallest absolute Gasteiger partial charge is 0.124 e. The Morgan fingerprint density at radius 1 is 1.24 bits per heavy atom. The molecule has 1 fully saturated rings. The first-order valence-electron chi connectivity index (χ1n) is 7.88. The highest BCUT2D eigenvalue weighted by molar-refractivity contribution is 6.35. The molecule has 0 saturated heterocycles. The lowest BCUT2D eigenvalue weighted by Gasteiger charge is -2.26. The molecule has 21 heavy (non-hydrogen) atoms. The summed E-state index contributed by atoms with van der Waals surface area (Å²) in [6.07, 6.45) is 6.67. The molecule has 4 heteroatoms. The summed E-state index contributed by atoms with van der Waals surface area (Å²) in [7, 11) is 0. The summed E-state index contributed by atoms with van der Waals surface area (Å²) in [5, 5.41) is 0.772. The Labute approximate surface area is 136 Å². The maximum atomic E-state index is 6.37. The predicted molar refractivity (Wildman–Crippen MR) is 90.0 cm³/mol. The van der Waals surface area contributed by atoms with E-state index < -0.39 is 0 Å². The van der Waals surface area contributed by atoms with Crippen LogP contribution in [0, 0.1) is 11.8 Å². The molecule has 1 aliphatic rings. The van der Waals surface area contributed by atoms with Crippen molar-refractivity contribution < 1.29 is 0 Å². The number of alkyl halides is 1. The molecule has 1 saturated carbocycles. The van der Waals surface area contributed by atoms with Crippen LogP contribution in [0.2, 0.25) is 5.02 Å². The van der Waals surface area contributed by atoms with Gasteiger partial charge in [0.25, 0.3) is 0 Å². The fourth-order valence-electron chi connectivity index (χ4n) is 3.46. The molecule has 0 radical (unpaired) electrons. The third-order valence-electron chi connectivity index (χ3n) is 4.81. The predicted octanol–water partition coefficient (Wildman–Crippen LogP) is 5.64. The van der Waals surface area contributed by atoms with Gasteiger partial charge >= 0.3 is 0 Å². The van der Waals surface area contributed by atoms with Crippen molar-refractivity contribution in [1.29, 1.82) is 0 Å². The normalized spacial score (nSPS) is 22.8. The topological polar surface area (TPSA) is 17.8 Å². The number of aromatic nitrogens is 2. The maximum Gasteiger partial charge on any atom is 0.124 e. The molecule has 0 atom stereocenters. The van der Waals surface area contributed by atoms with Gasteiger partial charge in [0.2, 0.25) is 0 Å². The number of halogens is 2. The molecule has 114 valence electrons. The van der Waals surface area contributed by atoms with Gasteiger partial charge in [0, 0.05) is 6.54 Å². The minimum Gasteiger partial charge on any atom is -0.326 e. The number of para-hydroxylation sites is 1. The summed E-state index contributed by atoms with van der Waals surface area (Å²) in [4.78, 5) is 4.61. The third-order valence-corrected chi connectivity index (χ3v) is 5.36. The van der Waals surface area contributed by atoms with Crippen LogP contribution >= 0.6 is 23.2 Å². The van der Waals surface area contributed by atoms with Gasteiger partial charge < -0.3 is 4.57 Å². The molecule has 0 aliphatic heterocycles. The molecule has 1 heterocycles. The number of imidazole rings is 1. The molecule has 0 N–H and O–H groups in total. The Bertz CT molecular complexity index is 613. The van der Waals surface area contributed by atoms with Gasteiger partial charge in [-0.3, -0.25) is 0 Å². The first-order chi connectivity index (χ1) is 10.2. The van der Waals surface area contributed by atoms with Crippen molar-refractivity contribution in [3.63, 3.8) is 0 Å². The summed E-state index contributed by atoms with van der Waals surface area (Å²) >= 11 is 12.4. The van der Waals surface area contributed by atoms with Gasteiger partial charge in [-0.05, 0) is 30.4 Å². The molecule has 1 aliphatic carbocycles. The highest BCUT2D eigenvalue weighted by Crippen LogP contribution is 2.32. The fourth-order valence-corrected chi connectivity index (χ4v) is 3.94. The molecule has 0 unspecified atom stereocenters. The second kappa shape index (κ2) is 6.58. The van der Waals surface area contributed by atoms with E-state index in [2.05, 4.69) is 16.5 Å². The van der Waals surface area contributed by atoms with Gasteiger partial charge in [0.1, 0.15) is 5.82 Å². The fraction of sp³-hybridized carbons (Fsp3) is 0.588. The molecule has 0 spiro atoms. The standard InChI is InChI=1S/C17H22Cl2N2/c1-12-5-7-13(8-6-12)9-10-21-16(11-18)20-15-4-2-3-14(19)17(15)21/h2-4,12-13H,5-11H2,1H3. The third kappa shape index (κ3) is 3.22. The van der Waals surface area contributed by atoms with Crippen molar-refractivity contribution >= 4 is 34.2 Å². The van der Waals surface area contributed by atoms with E-state index in [9.17, 15) is 0 Å². The second-order valence-corrected chi connectivity index (χ2v) is 7.01. The monoisotopic (exact) mass is 324 g/mol. The zero-order valence-electron chi connectivity index (χ0n) is 12.5. The number of hydrogen-bond acceptors (Lipinski definition) is 1. The van der Waals surface area contributed by atoms with Crippen molar-refractivity contribution in [3.8, 4) is 0 Å². The van der Waals surface area contributed by atoms with Crippen LogP contribution in [0.4, 0.5) is 0 Å². The number of benzene rings is 1. The summed E-state index contributed by atoms with van der Waals surface area (Å²) in [6, 6.07) is 5.89. The van der Waals surface area contributed by atoms with Crippen LogP contribution in [0.1, 0.15) is 44.9 Å². The largest absolute Gasteiger partial charge is 0.326 e. The number of aryl methyl sites for hydroxylation is 1. The molecule has 2 nitrogen and oxygen atoms in total. The van der Waals surface area contributed by atoms with Gasteiger partial charge in [0.05, 0.1) is 21.9 Å². The maximum absolute atomic E-state index is 6.37. The molecule has 3 rings (SSSR count). The van der Waals surface area contributed by atoms with Crippen LogP contribution in [-0.2, 0) is 12.4 Å². The lowest BCUT2D eigenvalue weighted by atomic mass is 9.81. The van der Waals surface area contributed by atoms with E-state index in [-0.39, 0.29) is 0 Å². The van der Waals surface area contributed by atoms with Crippen LogP contribution in [0.15, 0.2) is 18.2 Å². The molecule has 0 bridgehead atoms. The van der Waals surface area contributed by atoms with Gasteiger partial charge in [-0.25, -0.2) is 4.98 Å². The van der Waals surface area contributed by atoms with Crippen molar-refractivity contribution in [2.45, 2.75) is 51.5 Å². The van der Waals surface area contributed by atoms with E-state index in [0.717, 1.165) is 40.3 Å². The molecule has 2 aromatic rings. The Kier molecular flexibility index (Phi) is 4.75. The number of nitrogens with zero attached hydrogens (tertiary/aromatic N) is 2. The Balaban J connectivity index is 1.79. The van der Waals surface area contributed by atoms with E-state index in [1.165, 1.54) is 32.1 Å². The summed E-state index contributed by atoms with van der Waals surface area (Å²) in [5.74, 6) is 3.11. The number of fused-ring (bicyclic) bond motifs is 1. The van der Waals surface area contributed by atoms with E-state index >= 15 is 0 Å². The van der Waals surface area contributed by atoms with E-state index in [4.69, 9.17) is 23.2 Å². The van der Waals surface area contributed by atoms with Crippen molar-refractivity contribution in [3.05, 3.63) is 29.0 Å². The van der Waals surface area contributed by atoms with Crippen LogP contribution in [0.3, 0.4) is 0 Å². The summed E-state index contributed by atoms with van der Waals surface area (Å²) in [5.41, 5.74) is 1.99. The van der Waals surface area contributed by atoms with Crippen molar-refractivity contribution in [2.24, 2.45) is 11.8 Å². The minimum atomic E-state index is 0.437. The van der Waals surface area contributed by atoms with Crippen LogP contribution in [-0.4, -0.2) is 9.55 Å². The SMILES string of the molecule is CC1CCC(CCn2c(CCl)nc3cccc(Cl)c32)CC1. The lowest BCUT2D eigenvalue weighted by molar-refractivity contribution is 0.269. The average Bonchev–Trinajstić information content (AvgIpc) is 2.86. The summed E-state index contributed by atoms with van der Waals surface area (Å²) in [6.45, 7) is 3.34. The quantitative estimate of drug-likeness (QED) is 0.665. The van der Waals surface area contributed by atoms with Gasteiger partial charge in [-0.15, -0.1) is 11.6 Å². The number of hydrogen-bond donors (Lipinski definition) is 0.